The van der Waals surface area contributed by atoms with E-state index in [0.29, 0.717) is 24.9 Å². The van der Waals surface area contributed by atoms with Gasteiger partial charge in [-0.1, -0.05) is 30.1 Å². The average molecular weight is 317 g/mol. The van der Waals surface area contributed by atoms with Crippen LogP contribution in [0.4, 0.5) is 4.39 Å². The Hall–Kier alpha value is -1.79. The molecule has 2 N–H and O–H groups in total. The SMILES string of the molecule is NC1(c2nc([C@]3(c4ccc(F)cc4)CCOC3)no2)CCCC1. The molecule has 1 saturated heterocycles. The molecule has 1 aliphatic heterocycles. The molecule has 2 aromatic rings. The Morgan fingerprint density at radius 3 is 2.48 bits per heavy atom. The third kappa shape index (κ3) is 2.37. The fourth-order valence-electron chi connectivity index (χ4n) is 3.71. The van der Waals surface area contributed by atoms with Crippen LogP contribution in [0.5, 0.6) is 0 Å². The molecule has 1 saturated carbocycles. The first-order valence-electron chi connectivity index (χ1n) is 8.10. The second-order valence-electron chi connectivity index (χ2n) is 6.68. The Morgan fingerprint density at radius 2 is 1.83 bits per heavy atom. The van der Waals surface area contributed by atoms with E-state index in [1.54, 1.807) is 12.1 Å². The quantitative estimate of drug-likeness (QED) is 0.942. The lowest BCUT2D eigenvalue weighted by molar-refractivity contribution is 0.182. The van der Waals surface area contributed by atoms with Crippen molar-refractivity contribution in [2.24, 2.45) is 5.73 Å². The van der Waals surface area contributed by atoms with Crippen molar-refractivity contribution in [2.75, 3.05) is 13.2 Å². The van der Waals surface area contributed by atoms with E-state index >= 15 is 0 Å². The molecule has 1 aliphatic carbocycles. The maximum Gasteiger partial charge on any atom is 0.246 e. The second-order valence-corrected chi connectivity index (χ2v) is 6.68. The van der Waals surface area contributed by atoms with Gasteiger partial charge < -0.3 is 15.0 Å². The van der Waals surface area contributed by atoms with Gasteiger partial charge in [0.15, 0.2) is 5.82 Å². The summed E-state index contributed by atoms with van der Waals surface area (Å²) in [5, 5.41) is 4.22. The van der Waals surface area contributed by atoms with Crippen molar-refractivity contribution in [2.45, 2.75) is 43.1 Å². The van der Waals surface area contributed by atoms with Gasteiger partial charge in [0.1, 0.15) is 5.82 Å². The molecule has 1 aromatic carbocycles. The summed E-state index contributed by atoms with van der Waals surface area (Å²) >= 11 is 0. The van der Waals surface area contributed by atoms with E-state index in [1.807, 2.05) is 0 Å². The normalized spacial score (nSPS) is 26.7. The van der Waals surface area contributed by atoms with Crippen molar-refractivity contribution in [3.8, 4) is 0 Å². The topological polar surface area (TPSA) is 74.2 Å². The molecule has 1 atom stereocenters. The van der Waals surface area contributed by atoms with Crippen LogP contribution in [0.1, 0.15) is 49.4 Å². The third-order valence-corrected chi connectivity index (χ3v) is 5.19. The molecule has 0 amide bonds. The number of benzene rings is 1. The smallest absolute Gasteiger partial charge is 0.246 e. The minimum absolute atomic E-state index is 0.261. The van der Waals surface area contributed by atoms with Crippen LogP contribution in [0.3, 0.4) is 0 Å². The van der Waals surface area contributed by atoms with Gasteiger partial charge in [0.05, 0.1) is 17.6 Å². The number of nitrogens with two attached hydrogens (primary N) is 1. The Balaban J connectivity index is 1.74. The number of aromatic nitrogens is 2. The van der Waals surface area contributed by atoms with Crippen LogP contribution < -0.4 is 5.73 Å². The van der Waals surface area contributed by atoms with Crippen molar-refractivity contribution in [1.29, 1.82) is 0 Å². The maximum atomic E-state index is 13.3. The Bertz CT molecular complexity index is 686. The zero-order chi connectivity index (χ0) is 15.9. The highest BCUT2D eigenvalue weighted by Gasteiger charge is 2.45. The Morgan fingerprint density at radius 1 is 1.09 bits per heavy atom. The molecular formula is C17H20FN3O2. The van der Waals surface area contributed by atoms with E-state index < -0.39 is 11.0 Å². The van der Waals surface area contributed by atoms with Gasteiger partial charge in [0.25, 0.3) is 0 Å². The monoisotopic (exact) mass is 317 g/mol. The molecule has 2 fully saturated rings. The maximum absolute atomic E-state index is 13.3. The van der Waals surface area contributed by atoms with Crippen LogP contribution >= 0.6 is 0 Å². The second kappa shape index (κ2) is 5.39. The predicted octanol–water partition coefficient (Wildman–Crippen LogP) is 2.64. The summed E-state index contributed by atoms with van der Waals surface area (Å²) < 4.78 is 24.4. The van der Waals surface area contributed by atoms with Crippen LogP contribution in [-0.2, 0) is 15.7 Å². The molecule has 2 aliphatic rings. The fraction of sp³-hybridized carbons (Fsp3) is 0.529. The van der Waals surface area contributed by atoms with E-state index in [2.05, 4.69) is 10.1 Å². The number of rotatable bonds is 3. The number of nitrogens with zero attached hydrogens (tertiary/aromatic N) is 2. The van der Waals surface area contributed by atoms with Gasteiger partial charge in [-0.25, -0.2) is 4.39 Å². The van der Waals surface area contributed by atoms with Crippen LogP contribution in [0.15, 0.2) is 28.8 Å². The van der Waals surface area contributed by atoms with Crippen molar-refractivity contribution < 1.29 is 13.7 Å². The number of ether oxygens (including phenoxy) is 1. The summed E-state index contributed by atoms with van der Waals surface area (Å²) in [6.45, 7) is 1.09. The zero-order valence-electron chi connectivity index (χ0n) is 12.9. The lowest BCUT2D eigenvalue weighted by Crippen LogP contribution is -2.34. The largest absolute Gasteiger partial charge is 0.380 e. The molecule has 1 aromatic heterocycles. The van der Waals surface area contributed by atoms with E-state index in [4.69, 9.17) is 15.0 Å². The number of hydrogen-bond acceptors (Lipinski definition) is 5. The molecule has 0 bridgehead atoms. The highest BCUT2D eigenvalue weighted by Crippen LogP contribution is 2.41. The molecule has 23 heavy (non-hydrogen) atoms. The van der Waals surface area contributed by atoms with Gasteiger partial charge in [0, 0.05) is 6.61 Å². The number of hydrogen-bond donors (Lipinski definition) is 1. The van der Waals surface area contributed by atoms with Gasteiger partial charge in [-0.15, -0.1) is 0 Å². The fourth-order valence-corrected chi connectivity index (χ4v) is 3.71. The van der Waals surface area contributed by atoms with E-state index in [-0.39, 0.29) is 5.82 Å². The zero-order valence-corrected chi connectivity index (χ0v) is 12.9. The predicted molar refractivity (Wildman–Crippen MR) is 81.2 cm³/mol. The van der Waals surface area contributed by atoms with Crippen LogP contribution in [-0.4, -0.2) is 23.4 Å². The highest BCUT2D eigenvalue weighted by atomic mass is 19.1. The summed E-state index contributed by atoms with van der Waals surface area (Å²) in [4.78, 5) is 4.64. The van der Waals surface area contributed by atoms with Crippen molar-refractivity contribution >= 4 is 0 Å². The average Bonchev–Trinajstić information content (AvgIpc) is 3.28. The first kappa shape index (κ1) is 14.8. The van der Waals surface area contributed by atoms with E-state index in [1.165, 1.54) is 12.1 Å². The summed E-state index contributed by atoms with van der Waals surface area (Å²) in [7, 11) is 0. The van der Waals surface area contributed by atoms with Gasteiger partial charge in [0.2, 0.25) is 5.89 Å². The van der Waals surface area contributed by atoms with Crippen molar-refractivity contribution in [1.82, 2.24) is 10.1 Å². The van der Waals surface area contributed by atoms with Gasteiger partial charge in [-0.05, 0) is 37.0 Å². The highest BCUT2D eigenvalue weighted by molar-refractivity contribution is 5.34. The summed E-state index contributed by atoms with van der Waals surface area (Å²) in [6.07, 6.45) is 4.65. The first-order valence-corrected chi connectivity index (χ1v) is 8.10. The van der Waals surface area contributed by atoms with E-state index in [0.717, 1.165) is 37.7 Å². The van der Waals surface area contributed by atoms with Crippen LogP contribution in [0.25, 0.3) is 0 Å². The van der Waals surface area contributed by atoms with Gasteiger partial charge in [-0.2, -0.15) is 4.98 Å². The molecule has 4 rings (SSSR count). The van der Waals surface area contributed by atoms with Crippen molar-refractivity contribution in [3.63, 3.8) is 0 Å². The lowest BCUT2D eigenvalue weighted by atomic mass is 9.79. The standard InChI is InChI=1S/C17H20FN3O2/c18-13-5-3-12(4-6-13)16(9-10-22-11-16)14-20-15(23-21-14)17(19)7-1-2-8-17/h3-6H,1-2,7-11,19H2/t16-/m1/s1. The Kier molecular flexibility index (Phi) is 3.46. The lowest BCUT2D eigenvalue weighted by Gasteiger charge is -2.24. The summed E-state index contributed by atoms with van der Waals surface area (Å²) in [5.74, 6) is 0.843. The molecule has 0 radical (unpaired) electrons. The molecular weight excluding hydrogens is 297 g/mol. The molecule has 0 spiro atoms. The Labute approximate surface area is 134 Å². The summed E-state index contributed by atoms with van der Waals surface area (Å²) in [6, 6.07) is 6.46. The first-order chi connectivity index (χ1) is 11.1. The molecule has 0 unspecified atom stereocenters. The number of halogens is 1. The summed E-state index contributed by atoms with van der Waals surface area (Å²) in [5.41, 5.74) is 6.38. The third-order valence-electron chi connectivity index (χ3n) is 5.19. The molecule has 5 nitrogen and oxygen atoms in total. The molecule has 6 heteroatoms. The molecule has 2 heterocycles. The molecule has 122 valence electrons. The van der Waals surface area contributed by atoms with E-state index in [9.17, 15) is 4.39 Å². The van der Waals surface area contributed by atoms with Gasteiger partial charge in [-0.3, -0.25) is 0 Å². The van der Waals surface area contributed by atoms with Crippen LogP contribution in [0.2, 0.25) is 0 Å². The minimum Gasteiger partial charge on any atom is -0.380 e. The minimum atomic E-state index is -0.505. The van der Waals surface area contributed by atoms with Gasteiger partial charge >= 0.3 is 0 Å². The van der Waals surface area contributed by atoms with Crippen molar-refractivity contribution in [3.05, 3.63) is 47.4 Å². The van der Waals surface area contributed by atoms with Crippen LogP contribution in [0, 0.1) is 5.82 Å².